The van der Waals surface area contributed by atoms with E-state index in [4.69, 9.17) is 4.98 Å². The van der Waals surface area contributed by atoms with E-state index in [9.17, 15) is 4.79 Å². The fraction of sp³-hybridized carbons (Fsp3) is 0.208. The molecule has 0 fully saturated rings. The van der Waals surface area contributed by atoms with Gasteiger partial charge in [-0.2, -0.15) is 0 Å². The van der Waals surface area contributed by atoms with Crippen molar-refractivity contribution in [2.24, 2.45) is 0 Å². The van der Waals surface area contributed by atoms with Gasteiger partial charge >= 0.3 is 0 Å². The highest BCUT2D eigenvalue weighted by Crippen LogP contribution is 2.33. The number of thiazole rings is 1. The van der Waals surface area contributed by atoms with Crippen molar-refractivity contribution in [1.82, 2.24) is 9.97 Å². The number of hydrogen-bond donors (Lipinski definition) is 0. The molecule has 152 valence electrons. The molecule has 0 saturated heterocycles. The number of nitrogens with zero attached hydrogens (tertiary/aromatic N) is 3. The number of aryl methyl sites for hydroxylation is 3. The van der Waals surface area contributed by atoms with E-state index < -0.39 is 0 Å². The van der Waals surface area contributed by atoms with Gasteiger partial charge in [0.15, 0.2) is 5.13 Å². The van der Waals surface area contributed by atoms with Crippen LogP contribution >= 0.6 is 23.1 Å². The Kier molecular flexibility index (Phi) is 6.16. The molecule has 0 aliphatic carbocycles. The summed E-state index contributed by atoms with van der Waals surface area (Å²) in [6.45, 7) is 6.69. The summed E-state index contributed by atoms with van der Waals surface area (Å²) in [6.07, 6.45) is 3.54. The molecule has 0 atom stereocenters. The van der Waals surface area contributed by atoms with Crippen molar-refractivity contribution >= 4 is 44.4 Å². The summed E-state index contributed by atoms with van der Waals surface area (Å²) >= 11 is 3.13. The number of fused-ring (bicyclic) bond motifs is 1. The van der Waals surface area contributed by atoms with Crippen LogP contribution in [0.3, 0.4) is 0 Å². The van der Waals surface area contributed by atoms with E-state index in [0.717, 1.165) is 25.8 Å². The Labute approximate surface area is 185 Å². The van der Waals surface area contributed by atoms with Gasteiger partial charge in [0.1, 0.15) is 0 Å². The summed E-state index contributed by atoms with van der Waals surface area (Å²) < 4.78 is 1.13. The van der Waals surface area contributed by atoms with Crippen LogP contribution in [-0.4, -0.2) is 21.6 Å². The molecule has 2 aromatic heterocycles. The van der Waals surface area contributed by atoms with Gasteiger partial charge in [-0.05, 0) is 61.7 Å². The standard InChI is InChI=1S/C24H23N3OS2/c1-16-6-8-20(9-7-16)29-15-22(28)27(14-19-5-4-10-25-13-19)24-26-21-12-17(2)11-18(3)23(21)30-24/h4-13H,14-15H2,1-3H3. The van der Waals surface area contributed by atoms with E-state index in [1.54, 1.807) is 40.4 Å². The maximum atomic E-state index is 13.3. The zero-order chi connectivity index (χ0) is 21.1. The number of thioether (sulfide) groups is 1. The molecule has 6 heteroatoms. The lowest BCUT2D eigenvalue weighted by molar-refractivity contribution is -0.116. The van der Waals surface area contributed by atoms with Gasteiger partial charge < -0.3 is 0 Å². The Bertz CT molecular complexity index is 1170. The van der Waals surface area contributed by atoms with Crippen LogP contribution in [0.2, 0.25) is 0 Å². The number of anilines is 1. The zero-order valence-electron chi connectivity index (χ0n) is 17.3. The van der Waals surface area contributed by atoms with Gasteiger partial charge in [-0.1, -0.05) is 41.2 Å². The van der Waals surface area contributed by atoms with E-state index in [1.165, 1.54) is 16.7 Å². The zero-order valence-corrected chi connectivity index (χ0v) is 18.9. The number of pyridine rings is 1. The minimum absolute atomic E-state index is 0.0397. The number of amides is 1. The van der Waals surface area contributed by atoms with Crippen LogP contribution in [0.25, 0.3) is 10.2 Å². The summed E-state index contributed by atoms with van der Waals surface area (Å²) in [5.74, 6) is 0.398. The van der Waals surface area contributed by atoms with E-state index in [-0.39, 0.29) is 5.91 Å². The van der Waals surface area contributed by atoms with Gasteiger partial charge in [-0.25, -0.2) is 4.98 Å². The normalized spacial score (nSPS) is 11.0. The molecule has 0 aliphatic heterocycles. The van der Waals surface area contributed by atoms with E-state index in [2.05, 4.69) is 62.2 Å². The number of hydrogen-bond acceptors (Lipinski definition) is 5. The van der Waals surface area contributed by atoms with Crippen molar-refractivity contribution in [3.63, 3.8) is 0 Å². The van der Waals surface area contributed by atoms with E-state index in [1.807, 2.05) is 12.1 Å². The molecule has 0 bridgehead atoms. The van der Waals surface area contributed by atoms with Crippen molar-refractivity contribution in [3.8, 4) is 0 Å². The molecule has 4 nitrogen and oxygen atoms in total. The van der Waals surface area contributed by atoms with Gasteiger partial charge in [-0.15, -0.1) is 11.8 Å². The number of aromatic nitrogens is 2. The minimum atomic E-state index is 0.0397. The number of benzene rings is 2. The highest BCUT2D eigenvalue weighted by atomic mass is 32.2. The molecule has 0 unspecified atom stereocenters. The van der Waals surface area contributed by atoms with Crippen LogP contribution in [0.15, 0.2) is 65.8 Å². The lowest BCUT2D eigenvalue weighted by Gasteiger charge is -2.19. The fourth-order valence-electron chi connectivity index (χ4n) is 3.27. The first-order chi connectivity index (χ1) is 14.5. The Morgan fingerprint density at radius 2 is 1.87 bits per heavy atom. The third kappa shape index (κ3) is 4.71. The van der Waals surface area contributed by atoms with E-state index in [0.29, 0.717) is 12.3 Å². The second kappa shape index (κ2) is 8.98. The highest BCUT2D eigenvalue weighted by Gasteiger charge is 2.21. The molecule has 4 aromatic rings. The van der Waals surface area contributed by atoms with Gasteiger partial charge in [0.2, 0.25) is 5.91 Å². The summed E-state index contributed by atoms with van der Waals surface area (Å²) in [5.41, 5.74) is 5.51. The summed E-state index contributed by atoms with van der Waals surface area (Å²) in [4.78, 5) is 25.2. The minimum Gasteiger partial charge on any atom is -0.283 e. The maximum absolute atomic E-state index is 13.3. The number of carbonyl (C=O) groups is 1. The lowest BCUT2D eigenvalue weighted by atomic mass is 10.1. The van der Waals surface area contributed by atoms with Crippen molar-refractivity contribution in [2.45, 2.75) is 32.2 Å². The summed E-state index contributed by atoms with van der Waals surface area (Å²) in [5, 5.41) is 0.733. The Balaban J connectivity index is 1.63. The van der Waals surface area contributed by atoms with Crippen LogP contribution in [0.1, 0.15) is 22.3 Å². The third-order valence-electron chi connectivity index (χ3n) is 4.79. The monoisotopic (exact) mass is 433 g/mol. The van der Waals surface area contributed by atoms with Crippen molar-refractivity contribution in [2.75, 3.05) is 10.7 Å². The first-order valence-electron chi connectivity index (χ1n) is 9.76. The quantitative estimate of drug-likeness (QED) is 0.353. The first-order valence-corrected chi connectivity index (χ1v) is 11.6. The van der Waals surface area contributed by atoms with Gasteiger partial charge in [-0.3, -0.25) is 14.7 Å². The van der Waals surface area contributed by atoms with Crippen molar-refractivity contribution in [3.05, 3.63) is 83.2 Å². The Morgan fingerprint density at radius 1 is 1.07 bits per heavy atom. The molecule has 2 aromatic carbocycles. The highest BCUT2D eigenvalue weighted by molar-refractivity contribution is 8.00. The van der Waals surface area contributed by atoms with Gasteiger partial charge in [0, 0.05) is 17.3 Å². The van der Waals surface area contributed by atoms with Crippen molar-refractivity contribution in [1.29, 1.82) is 0 Å². The summed E-state index contributed by atoms with van der Waals surface area (Å²) in [6, 6.07) is 16.4. The Hall–Kier alpha value is -2.70. The lowest BCUT2D eigenvalue weighted by Crippen LogP contribution is -2.31. The molecule has 0 N–H and O–H groups in total. The molecular weight excluding hydrogens is 410 g/mol. The first kappa shape index (κ1) is 20.6. The average molecular weight is 434 g/mol. The third-order valence-corrected chi connectivity index (χ3v) is 7.01. The number of carbonyl (C=O) groups excluding carboxylic acids is 1. The predicted octanol–water partition coefficient (Wildman–Crippen LogP) is 5.94. The molecule has 30 heavy (non-hydrogen) atoms. The predicted molar refractivity (Wildman–Crippen MR) is 126 cm³/mol. The largest absolute Gasteiger partial charge is 0.283 e. The van der Waals surface area contributed by atoms with Crippen LogP contribution in [0.4, 0.5) is 5.13 Å². The second-order valence-corrected chi connectivity index (χ2v) is 9.40. The molecule has 4 rings (SSSR count). The van der Waals surface area contributed by atoms with Gasteiger partial charge in [0.05, 0.1) is 22.5 Å². The molecule has 0 radical (unpaired) electrons. The second-order valence-electron chi connectivity index (χ2n) is 7.37. The molecule has 0 spiro atoms. The topological polar surface area (TPSA) is 46.1 Å². The molecular formula is C24H23N3OS2. The number of rotatable bonds is 6. The molecule has 0 saturated carbocycles. The van der Waals surface area contributed by atoms with Crippen LogP contribution in [0.5, 0.6) is 0 Å². The maximum Gasteiger partial charge on any atom is 0.239 e. The molecule has 2 heterocycles. The molecule has 0 aliphatic rings. The SMILES string of the molecule is Cc1ccc(SCC(=O)N(Cc2cccnc2)c2nc3cc(C)cc(C)c3s2)cc1. The average Bonchev–Trinajstić information content (AvgIpc) is 3.16. The summed E-state index contributed by atoms with van der Waals surface area (Å²) in [7, 11) is 0. The van der Waals surface area contributed by atoms with Gasteiger partial charge in [0.25, 0.3) is 0 Å². The van der Waals surface area contributed by atoms with Crippen LogP contribution in [-0.2, 0) is 11.3 Å². The molecule has 1 amide bonds. The van der Waals surface area contributed by atoms with Crippen LogP contribution in [0, 0.1) is 20.8 Å². The van der Waals surface area contributed by atoms with Crippen molar-refractivity contribution < 1.29 is 4.79 Å². The Morgan fingerprint density at radius 3 is 2.60 bits per heavy atom. The van der Waals surface area contributed by atoms with E-state index >= 15 is 0 Å². The van der Waals surface area contributed by atoms with Crippen LogP contribution < -0.4 is 4.90 Å². The fourth-order valence-corrected chi connectivity index (χ4v) is 5.08. The smallest absolute Gasteiger partial charge is 0.239 e.